The van der Waals surface area contributed by atoms with Crippen LogP contribution >= 0.6 is 11.3 Å². The number of Topliss-reactive ketones (excluding diaryl/α,β-unsaturated/α-hetero) is 1. The minimum absolute atomic E-state index is 0.136. The van der Waals surface area contributed by atoms with E-state index in [4.69, 9.17) is 5.73 Å². The molecule has 0 saturated heterocycles. The molecule has 1 aliphatic carbocycles. The monoisotopic (exact) mass is 322 g/mol. The van der Waals surface area contributed by atoms with Crippen molar-refractivity contribution in [3.05, 3.63) is 27.4 Å². The molecular formula is C15H22N4O2S. The van der Waals surface area contributed by atoms with E-state index >= 15 is 0 Å². The largest absolute Gasteiger partial charge is 0.382 e. The SMILES string of the molecule is Cc1nc2c(s1)C(=O)C=C(NCCCN(C)CCCN)C2=O. The molecule has 22 heavy (non-hydrogen) atoms. The molecule has 7 heteroatoms. The lowest BCUT2D eigenvalue weighted by molar-refractivity contribution is 0.0977. The molecule has 0 aliphatic heterocycles. The molecule has 2 rings (SSSR count). The first-order valence-electron chi connectivity index (χ1n) is 7.43. The maximum atomic E-state index is 12.3. The Balaban J connectivity index is 1.84. The average Bonchev–Trinajstić information content (AvgIpc) is 2.89. The van der Waals surface area contributed by atoms with Gasteiger partial charge in [0.1, 0.15) is 10.6 Å². The number of hydrogen-bond acceptors (Lipinski definition) is 7. The zero-order valence-corrected chi connectivity index (χ0v) is 13.8. The number of allylic oxidation sites excluding steroid dienone is 2. The molecule has 0 saturated carbocycles. The molecule has 0 spiro atoms. The number of carbonyl (C=O) groups is 2. The van der Waals surface area contributed by atoms with Crippen LogP contribution in [-0.2, 0) is 0 Å². The van der Waals surface area contributed by atoms with Gasteiger partial charge in [0.15, 0.2) is 5.78 Å². The van der Waals surface area contributed by atoms with Crippen molar-refractivity contribution in [2.24, 2.45) is 5.73 Å². The molecule has 1 aromatic heterocycles. The van der Waals surface area contributed by atoms with Gasteiger partial charge in [-0.2, -0.15) is 0 Å². The van der Waals surface area contributed by atoms with Crippen LogP contribution in [0.15, 0.2) is 11.8 Å². The molecule has 0 bridgehead atoms. The minimum atomic E-state index is -0.185. The highest BCUT2D eigenvalue weighted by Crippen LogP contribution is 2.25. The number of nitrogens with two attached hydrogens (primary N) is 1. The Morgan fingerprint density at radius 1 is 1.32 bits per heavy atom. The summed E-state index contributed by atoms with van der Waals surface area (Å²) in [5.74, 6) is -0.321. The third-order valence-corrected chi connectivity index (χ3v) is 4.45. The van der Waals surface area contributed by atoms with Gasteiger partial charge in [0, 0.05) is 12.6 Å². The summed E-state index contributed by atoms with van der Waals surface area (Å²) < 4.78 is 0. The predicted octanol–water partition coefficient (Wildman–Crippen LogP) is 0.975. The molecule has 0 radical (unpaired) electrons. The highest BCUT2D eigenvalue weighted by atomic mass is 32.1. The average molecular weight is 322 g/mol. The van der Waals surface area contributed by atoms with Gasteiger partial charge in [0.05, 0.1) is 10.7 Å². The van der Waals surface area contributed by atoms with Gasteiger partial charge < -0.3 is 16.0 Å². The predicted molar refractivity (Wildman–Crippen MR) is 87.4 cm³/mol. The Morgan fingerprint density at radius 2 is 2.05 bits per heavy atom. The van der Waals surface area contributed by atoms with Crippen molar-refractivity contribution in [2.75, 3.05) is 33.2 Å². The third-order valence-electron chi connectivity index (χ3n) is 3.47. The molecule has 0 aromatic carbocycles. The van der Waals surface area contributed by atoms with Gasteiger partial charge in [-0.1, -0.05) is 0 Å². The second kappa shape index (κ2) is 7.62. The lowest BCUT2D eigenvalue weighted by atomic mass is 10.0. The molecule has 0 atom stereocenters. The van der Waals surface area contributed by atoms with Crippen LogP contribution < -0.4 is 11.1 Å². The van der Waals surface area contributed by atoms with Crippen molar-refractivity contribution in [1.82, 2.24) is 15.2 Å². The van der Waals surface area contributed by atoms with Gasteiger partial charge in [-0.3, -0.25) is 9.59 Å². The van der Waals surface area contributed by atoms with E-state index in [9.17, 15) is 9.59 Å². The number of thiazole rings is 1. The van der Waals surface area contributed by atoms with Crippen molar-refractivity contribution >= 4 is 22.9 Å². The first-order chi connectivity index (χ1) is 10.5. The van der Waals surface area contributed by atoms with Crippen molar-refractivity contribution in [1.29, 1.82) is 0 Å². The van der Waals surface area contributed by atoms with Crippen molar-refractivity contribution < 1.29 is 9.59 Å². The first-order valence-corrected chi connectivity index (χ1v) is 8.25. The maximum Gasteiger partial charge on any atom is 0.228 e. The van der Waals surface area contributed by atoms with Gasteiger partial charge in [0.25, 0.3) is 0 Å². The van der Waals surface area contributed by atoms with Crippen LogP contribution in [0.3, 0.4) is 0 Å². The van der Waals surface area contributed by atoms with E-state index in [0.717, 1.165) is 30.9 Å². The number of aryl methyl sites for hydroxylation is 1. The number of aromatic nitrogens is 1. The smallest absolute Gasteiger partial charge is 0.228 e. The van der Waals surface area contributed by atoms with Gasteiger partial charge in [-0.25, -0.2) is 4.98 Å². The number of rotatable bonds is 8. The van der Waals surface area contributed by atoms with Gasteiger partial charge in [-0.15, -0.1) is 11.3 Å². The maximum absolute atomic E-state index is 12.3. The Labute approximate surface area is 134 Å². The Bertz CT molecular complexity index is 594. The number of nitrogens with zero attached hydrogens (tertiary/aromatic N) is 2. The summed E-state index contributed by atoms with van der Waals surface area (Å²) in [5.41, 5.74) is 6.12. The standard InChI is InChI=1S/C15H22N4O2S/c1-10-18-13-14(21)11(9-12(20)15(13)22-10)17-6-4-8-19(2)7-3-5-16/h9,17H,3-8,16H2,1-2H3. The van der Waals surface area contributed by atoms with Crippen LogP contribution in [0, 0.1) is 6.92 Å². The van der Waals surface area contributed by atoms with E-state index < -0.39 is 0 Å². The molecule has 3 N–H and O–H groups in total. The van der Waals surface area contributed by atoms with Crippen LogP contribution in [0.5, 0.6) is 0 Å². The minimum Gasteiger partial charge on any atom is -0.382 e. The van der Waals surface area contributed by atoms with Crippen LogP contribution in [0.1, 0.15) is 38.0 Å². The topological polar surface area (TPSA) is 88.3 Å². The zero-order chi connectivity index (χ0) is 16.1. The summed E-state index contributed by atoms with van der Waals surface area (Å²) in [4.78, 5) is 31.1. The Morgan fingerprint density at radius 3 is 2.77 bits per heavy atom. The van der Waals surface area contributed by atoms with Gasteiger partial charge in [-0.05, 0) is 46.4 Å². The van der Waals surface area contributed by atoms with Crippen molar-refractivity contribution in [3.8, 4) is 0 Å². The van der Waals surface area contributed by atoms with Crippen molar-refractivity contribution in [2.45, 2.75) is 19.8 Å². The number of hydrogen-bond donors (Lipinski definition) is 2. The van der Waals surface area contributed by atoms with Crippen LogP contribution in [0.4, 0.5) is 0 Å². The second-order valence-electron chi connectivity index (χ2n) is 5.39. The summed E-state index contributed by atoms with van der Waals surface area (Å²) in [6.07, 6.45) is 3.26. The molecule has 1 aromatic rings. The number of nitrogens with one attached hydrogen (secondary N) is 1. The fourth-order valence-corrected chi connectivity index (χ4v) is 3.14. The highest BCUT2D eigenvalue weighted by Gasteiger charge is 2.29. The number of carbonyl (C=O) groups excluding carboxylic acids is 2. The number of fused-ring (bicyclic) bond motifs is 1. The fourth-order valence-electron chi connectivity index (χ4n) is 2.31. The third kappa shape index (κ3) is 4.00. The molecule has 1 aliphatic rings. The summed E-state index contributed by atoms with van der Waals surface area (Å²) in [6, 6.07) is 0. The lowest BCUT2D eigenvalue weighted by Crippen LogP contribution is -2.29. The normalized spacial score (nSPS) is 14.3. The Hall–Kier alpha value is -1.57. The molecule has 120 valence electrons. The fraction of sp³-hybridized carbons (Fsp3) is 0.533. The van der Waals surface area contributed by atoms with E-state index in [0.29, 0.717) is 23.7 Å². The van der Waals surface area contributed by atoms with Crippen LogP contribution in [0.2, 0.25) is 0 Å². The first kappa shape index (κ1) is 16.8. The second-order valence-corrected chi connectivity index (χ2v) is 6.59. The summed E-state index contributed by atoms with van der Waals surface area (Å²) >= 11 is 1.27. The molecule has 0 fully saturated rings. The van der Waals surface area contributed by atoms with E-state index in [2.05, 4.69) is 22.2 Å². The molecule has 6 nitrogen and oxygen atoms in total. The van der Waals surface area contributed by atoms with E-state index in [1.165, 1.54) is 17.4 Å². The van der Waals surface area contributed by atoms with Crippen LogP contribution in [-0.4, -0.2) is 54.7 Å². The van der Waals surface area contributed by atoms with Crippen molar-refractivity contribution in [3.63, 3.8) is 0 Å². The lowest BCUT2D eigenvalue weighted by Gasteiger charge is -2.17. The molecule has 0 amide bonds. The van der Waals surface area contributed by atoms with E-state index in [1.807, 2.05) is 0 Å². The van der Waals surface area contributed by atoms with Gasteiger partial charge in [0.2, 0.25) is 5.78 Å². The Kier molecular flexibility index (Phi) is 5.82. The summed E-state index contributed by atoms with van der Waals surface area (Å²) in [6.45, 7) is 5.03. The number of ketones is 2. The van der Waals surface area contributed by atoms with E-state index in [-0.39, 0.29) is 17.3 Å². The van der Waals surface area contributed by atoms with Crippen LogP contribution in [0.25, 0.3) is 0 Å². The molecule has 0 unspecified atom stereocenters. The highest BCUT2D eigenvalue weighted by molar-refractivity contribution is 7.14. The molecular weight excluding hydrogens is 300 g/mol. The zero-order valence-electron chi connectivity index (χ0n) is 13.0. The quantitative estimate of drug-likeness (QED) is 0.694. The summed E-state index contributed by atoms with van der Waals surface area (Å²) in [7, 11) is 2.05. The molecule has 1 heterocycles. The summed E-state index contributed by atoms with van der Waals surface area (Å²) in [5, 5.41) is 3.81. The van der Waals surface area contributed by atoms with Gasteiger partial charge >= 0.3 is 0 Å². The van der Waals surface area contributed by atoms with E-state index in [1.54, 1.807) is 6.92 Å².